The van der Waals surface area contributed by atoms with Gasteiger partial charge in [-0.2, -0.15) is 0 Å². The largest absolute Gasteiger partial charge is 0.348 e. The lowest BCUT2D eigenvalue weighted by atomic mass is 10.0. The van der Waals surface area contributed by atoms with Gasteiger partial charge in [0.05, 0.1) is 6.54 Å². The van der Waals surface area contributed by atoms with Crippen molar-refractivity contribution in [3.05, 3.63) is 110 Å². The second-order valence-electron chi connectivity index (χ2n) is 8.47. The van der Waals surface area contributed by atoms with Crippen molar-refractivity contribution in [3.8, 4) is 0 Å². The van der Waals surface area contributed by atoms with Crippen molar-refractivity contribution in [3.63, 3.8) is 0 Å². The molecule has 0 aliphatic carbocycles. The minimum Gasteiger partial charge on any atom is -0.348 e. The molecule has 2 heterocycles. The van der Waals surface area contributed by atoms with Crippen molar-refractivity contribution >= 4 is 29.2 Å². The zero-order valence-corrected chi connectivity index (χ0v) is 19.5. The van der Waals surface area contributed by atoms with Gasteiger partial charge in [0.2, 0.25) is 0 Å². The van der Waals surface area contributed by atoms with Crippen molar-refractivity contribution in [2.45, 2.75) is 20.4 Å². The SMILES string of the molecule is CC(C)=C1C(=O)Nc2cc(/C=C/CNC(=O)c3cccn(Cc4cc(F)c(F)c(F)c4)c3=O)ccc21. The first-order valence-corrected chi connectivity index (χ1v) is 11.1. The zero-order valence-electron chi connectivity index (χ0n) is 19.5. The molecule has 1 aromatic heterocycles. The Morgan fingerprint density at radius 1 is 1.06 bits per heavy atom. The van der Waals surface area contributed by atoms with Gasteiger partial charge in [0.25, 0.3) is 17.4 Å². The molecule has 0 atom stereocenters. The standard InChI is InChI=1S/C27H22F3N3O3/c1-15(2)23-18-8-7-16(13-22(18)32-26(23)35)5-3-9-31-25(34)19-6-4-10-33(27(19)36)14-17-11-20(28)24(30)21(29)12-17/h3-8,10-13H,9,14H2,1-2H3,(H,31,34)(H,32,35)/b5-3+. The number of rotatable bonds is 6. The summed E-state index contributed by atoms with van der Waals surface area (Å²) in [5.74, 6) is -5.07. The Hall–Kier alpha value is -4.40. The van der Waals surface area contributed by atoms with Gasteiger partial charge in [-0.3, -0.25) is 14.4 Å². The molecule has 0 unspecified atom stereocenters. The van der Waals surface area contributed by atoms with Gasteiger partial charge in [0.15, 0.2) is 17.5 Å². The molecule has 36 heavy (non-hydrogen) atoms. The van der Waals surface area contributed by atoms with Crippen LogP contribution in [0, 0.1) is 17.5 Å². The molecule has 1 aliphatic heterocycles. The number of pyridine rings is 1. The number of fused-ring (bicyclic) bond motifs is 1. The Bertz CT molecular complexity index is 1480. The summed E-state index contributed by atoms with van der Waals surface area (Å²) in [5, 5.41) is 5.46. The maximum atomic E-state index is 13.5. The van der Waals surface area contributed by atoms with Gasteiger partial charge in [-0.05, 0) is 55.3 Å². The van der Waals surface area contributed by atoms with E-state index < -0.39 is 28.9 Å². The van der Waals surface area contributed by atoms with Crippen LogP contribution in [-0.2, 0) is 11.3 Å². The summed E-state index contributed by atoms with van der Waals surface area (Å²) >= 11 is 0. The van der Waals surface area contributed by atoms with Gasteiger partial charge >= 0.3 is 0 Å². The van der Waals surface area contributed by atoms with E-state index in [9.17, 15) is 27.6 Å². The highest BCUT2D eigenvalue weighted by atomic mass is 19.2. The van der Waals surface area contributed by atoms with Gasteiger partial charge in [-0.15, -0.1) is 0 Å². The molecule has 0 bridgehead atoms. The van der Waals surface area contributed by atoms with E-state index in [0.717, 1.165) is 33.4 Å². The third-order valence-electron chi connectivity index (χ3n) is 5.64. The van der Waals surface area contributed by atoms with E-state index in [1.165, 1.54) is 18.3 Å². The van der Waals surface area contributed by atoms with Crippen LogP contribution in [0.2, 0.25) is 0 Å². The van der Waals surface area contributed by atoms with Crippen LogP contribution < -0.4 is 16.2 Å². The fraction of sp³-hybridized carbons (Fsp3) is 0.148. The Kier molecular flexibility index (Phi) is 6.91. The Morgan fingerprint density at radius 3 is 2.47 bits per heavy atom. The van der Waals surface area contributed by atoms with Crippen LogP contribution in [0.4, 0.5) is 18.9 Å². The second kappa shape index (κ2) is 10.1. The molecule has 2 amide bonds. The number of amides is 2. The van der Waals surface area contributed by atoms with Gasteiger partial charge in [0, 0.05) is 29.6 Å². The number of carbonyl (C=O) groups excluding carboxylic acids is 2. The van der Waals surface area contributed by atoms with Gasteiger partial charge in [-0.25, -0.2) is 13.2 Å². The molecule has 3 aromatic rings. The molecule has 0 spiro atoms. The maximum Gasteiger partial charge on any atom is 0.263 e. The van der Waals surface area contributed by atoms with Crippen LogP contribution in [0.25, 0.3) is 11.6 Å². The van der Waals surface area contributed by atoms with Crippen molar-refractivity contribution in [2.75, 3.05) is 11.9 Å². The molecule has 2 aromatic carbocycles. The quantitative estimate of drug-likeness (QED) is 0.392. The van der Waals surface area contributed by atoms with E-state index in [2.05, 4.69) is 10.6 Å². The summed E-state index contributed by atoms with van der Waals surface area (Å²) in [5.41, 5.74) is 3.20. The van der Waals surface area contributed by atoms with Crippen LogP contribution in [0.5, 0.6) is 0 Å². The number of nitrogens with one attached hydrogen (secondary N) is 2. The predicted molar refractivity (Wildman–Crippen MR) is 131 cm³/mol. The molecule has 0 fully saturated rings. The van der Waals surface area contributed by atoms with E-state index >= 15 is 0 Å². The normalized spacial score (nSPS) is 12.6. The van der Waals surface area contributed by atoms with Gasteiger partial charge < -0.3 is 15.2 Å². The highest BCUT2D eigenvalue weighted by Crippen LogP contribution is 2.34. The number of halogens is 3. The Balaban J connectivity index is 1.42. The number of hydrogen-bond acceptors (Lipinski definition) is 3. The monoisotopic (exact) mass is 493 g/mol. The fourth-order valence-electron chi connectivity index (χ4n) is 3.96. The number of aromatic nitrogens is 1. The highest BCUT2D eigenvalue weighted by Gasteiger charge is 2.24. The van der Waals surface area contributed by atoms with Crippen molar-refractivity contribution in [2.24, 2.45) is 0 Å². The summed E-state index contributed by atoms with van der Waals surface area (Å²) in [4.78, 5) is 37.4. The second-order valence-corrected chi connectivity index (χ2v) is 8.47. The molecular weight excluding hydrogens is 471 g/mol. The lowest BCUT2D eigenvalue weighted by molar-refractivity contribution is -0.110. The number of anilines is 1. The average Bonchev–Trinajstić information content (AvgIpc) is 3.16. The topological polar surface area (TPSA) is 80.2 Å². The third kappa shape index (κ3) is 5.00. The predicted octanol–water partition coefficient (Wildman–Crippen LogP) is 4.50. The van der Waals surface area contributed by atoms with Crippen LogP contribution >= 0.6 is 0 Å². The molecule has 0 saturated heterocycles. The Morgan fingerprint density at radius 2 is 1.78 bits per heavy atom. The average molecular weight is 493 g/mol. The van der Waals surface area contributed by atoms with Crippen molar-refractivity contribution < 1.29 is 22.8 Å². The first-order chi connectivity index (χ1) is 17.2. The summed E-state index contributed by atoms with van der Waals surface area (Å²) in [7, 11) is 0. The van der Waals surface area contributed by atoms with Crippen LogP contribution in [0.15, 0.2) is 65.1 Å². The Labute approximate surface area is 204 Å². The lowest BCUT2D eigenvalue weighted by Gasteiger charge is -2.09. The van der Waals surface area contributed by atoms with Crippen LogP contribution in [-0.4, -0.2) is 22.9 Å². The van der Waals surface area contributed by atoms with Crippen LogP contribution in [0.1, 0.15) is 40.9 Å². The smallest absolute Gasteiger partial charge is 0.263 e. The molecular formula is C27H22F3N3O3. The summed E-state index contributed by atoms with van der Waals surface area (Å²) < 4.78 is 41.3. The minimum absolute atomic E-state index is 0.0382. The van der Waals surface area contributed by atoms with Crippen molar-refractivity contribution in [1.29, 1.82) is 0 Å². The van der Waals surface area contributed by atoms with Crippen LogP contribution in [0.3, 0.4) is 0 Å². The highest BCUT2D eigenvalue weighted by molar-refractivity contribution is 6.32. The third-order valence-corrected chi connectivity index (χ3v) is 5.64. The van der Waals surface area contributed by atoms with E-state index in [1.807, 2.05) is 32.0 Å². The first kappa shape index (κ1) is 24.7. The van der Waals surface area contributed by atoms with Gasteiger partial charge in [0.1, 0.15) is 5.56 Å². The molecule has 2 N–H and O–H groups in total. The number of carbonyl (C=O) groups is 2. The number of benzene rings is 2. The van der Waals surface area contributed by atoms with E-state index in [0.29, 0.717) is 11.3 Å². The molecule has 184 valence electrons. The van der Waals surface area contributed by atoms with E-state index in [-0.39, 0.29) is 30.1 Å². The van der Waals surface area contributed by atoms with E-state index in [1.54, 1.807) is 12.2 Å². The summed E-state index contributed by atoms with van der Waals surface area (Å²) in [6.45, 7) is 3.65. The molecule has 0 saturated carbocycles. The number of hydrogen-bond donors (Lipinski definition) is 2. The summed E-state index contributed by atoms with van der Waals surface area (Å²) in [6.07, 6.45) is 4.84. The first-order valence-electron chi connectivity index (χ1n) is 11.1. The lowest BCUT2D eigenvalue weighted by Crippen LogP contribution is -2.33. The molecule has 6 nitrogen and oxygen atoms in total. The zero-order chi connectivity index (χ0) is 26.0. The van der Waals surface area contributed by atoms with Crippen molar-refractivity contribution in [1.82, 2.24) is 9.88 Å². The maximum absolute atomic E-state index is 13.5. The molecule has 9 heteroatoms. The summed E-state index contributed by atoms with van der Waals surface area (Å²) in [6, 6.07) is 9.95. The fourth-order valence-corrected chi connectivity index (χ4v) is 3.96. The molecule has 0 radical (unpaired) electrons. The molecule has 4 rings (SSSR count). The van der Waals surface area contributed by atoms with Gasteiger partial charge in [-0.1, -0.05) is 29.9 Å². The number of nitrogens with zero attached hydrogens (tertiary/aromatic N) is 1. The minimum atomic E-state index is -1.59. The number of allylic oxidation sites excluding steroid dienone is 1. The van der Waals surface area contributed by atoms with E-state index in [4.69, 9.17) is 0 Å². The molecule has 1 aliphatic rings.